The van der Waals surface area contributed by atoms with E-state index in [1.807, 2.05) is 0 Å². The van der Waals surface area contributed by atoms with E-state index in [9.17, 15) is 137 Å². The van der Waals surface area contributed by atoms with Crippen molar-refractivity contribution < 1.29 is 203 Å². The quantitative estimate of drug-likeness (QED) is 0.0318. The van der Waals surface area contributed by atoms with Crippen molar-refractivity contribution in [3.63, 3.8) is 0 Å². The fraction of sp³-hybridized carbons (Fsp3) is 0.929. The second-order valence-corrected chi connectivity index (χ2v) is 25.2. The molecule has 0 bridgehead atoms. The van der Waals surface area contributed by atoms with Gasteiger partial charge in [-0.1, -0.05) is 0 Å². The van der Waals surface area contributed by atoms with Crippen molar-refractivity contribution in [3.05, 3.63) is 0 Å². The van der Waals surface area contributed by atoms with E-state index in [1.165, 1.54) is 0 Å². The van der Waals surface area contributed by atoms with Crippen LogP contribution in [0.15, 0.2) is 0 Å². The van der Waals surface area contributed by atoms with Crippen LogP contribution in [-0.2, 0) is 85.5 Å². The summed E-state index contributed by atoms with van der Waals surface area (Å²) in [6.07, 6.45) is -74.3. The molecule has 7 rings (SSSR count). The predicted octanol–water partition coefficient (Wildman–Crippen LogP) is -18.2. The fourth-order valence-corrected chi connectivity index (χ4v) is 12.5. The largest absolute Gasteiger partial charge is 0.394 e. The number of ether oxygens (including phenoxy) is 14. The van der Waals surface area contributed by atoms with Gasteiger partial charge in [-0.15, -0.1) is 0 Å². The molecule has 0 spiro atoms. The van der Waals surface area contributed by atoms with Gasteiger partial charge in [0.15, 0.2) is 44.0 Å². The van der Waals surface area contributed by atoms with Crippen molar-refractivity contribution >= 4 is 23.6 Å². The van der Waals surface area contributed by atoms with Gasteiger partial charge >= 0.3 is 0 Å². The van der Waals surface area contributed by atoms with Crippen LogP contribution in [0.1, 0.15) is 27.7 Å². The summed E-state index contributed by atoms with van der Waals surface area (Å²) >= 11 is 0. The molecule has 7 aliphatic rings. The predicted molar refractivity (Wildman–Crippen MR) is 313 cm³/mol. The van der Waals surface area contributed by atoms with Crippen molar-refractivity contribution in [2.75, 3.05) is 59.5 Å². The molecule has 7 fully saturated rings. The number of nitrogens with one attached hydrogen (secondary N) is 4. The fourth-order valence-electron chi connectivity index (χ4n) is 12.5. The summed E-state index contributed by atoms with van der Waals surface area (Å²) in [5, 5.41) is 262. The molecular formula is C56H96N4O41. The maximum atomic E-state index is 13.0. The molecule has 586 valence electrons. The maximum Gasteiger partial charge on any atom is 0.217 e. The van der Waals surface area contributed by atoms with Crippen molar-refractivity contribution in [2.24, 2.45) is 0 Å². The third kappa shape index (κ3) is 19.8. The third-order valence-electron chi connectivity index (χ3n) is 17.9. The molecule has 27 N–H and O–H groups in total. The SMILES string of the molecule is CC(=O)N[C@H]1[C@H](O[C@@H]([C@H](O)[C@H](CO)NC(C)=O)[C@H](O)CO)O[C@H](CO)[C@@H](O[C@@H]2O[C@H](CO[C@H]3O[C@H](CO[C@H]4O[C@H](CO)[C@@H](O)[C@H](O)[C@@H]4O)[C@@H](O)[C@H](O)[C@@H]3O)[C@@H](O[C@@H]3O[C@H](CO)[C@@H](O)[C@H](O)[C@H]3NC(C)=O)[C@H](O[C@H]3O[C@H](CO)[C@@H](O)[C@H](O)[C@@H]3O[C@@H]3O[C@H](CO)[C@@H](O)[C@H](O)[C@H]3NC(C)=O)[C@@H]2O)[C@@H]1O. The standard InChI is InChI=1S/C56H96N4O41/c1-14(68)57-18(5-61)30(73)45(19(72)6-62)97-52-29(60-17(4)71)38(81)46(24(11-67)94-52)98-55-44(87)48(100-56-49(41(84)34(77)23(10-66)93-56)101-51-28(59-16(3)70)37(80)32(75)21(8-64)91-51)47(99-50-27(58-15(2)69)36(79)31(74)20(7-63)90-50)26(96-55)13-89-54-43(86)40(83)35(78)25(95-54)12-88-53-42(85)39(82)33(76)22(9-65)92-53/h18-56,61-67,72-87H,5-13H2,1-4H3,(H,57,68)(H,58,69)(H,59,70)(H,60,71)/t18-,19+,20+,21+,22+,23+,24+,25+,26+,27+,28+,29+,30+,31+,32+,33+,34+,35+,36+,37+,38+,39-,40-,41-,42-,43-,44-,45+,46+,47+,48+,49-,50-,51-,52-,53-,54-,55-,56+/m0/s1. The van der Waals surface area contributed by atoms with Crippen LogP contribution in [0.3, 0.4) is 0 Å². The van der Waals surface area contributed by atoms with E-state index in [0.717, 1.165) is 27.7 Å². The van der Waals surface area contributed by atoms with E-state index in [2.05, 4.69) is 21.3 Å². The second-order valence-electron chi connectivity index (χ2n) is 25.2. The Morgan fingerprint density at radius 1 is 0.337 bits per heavy atom. The normalized spacial score (nSPS) is 45.0. The van der Waals surface area contributed by atoms with Gasteiger partial charge in [-0.2, -0.15) is 0 Å². The zero-order valence-electron chi connectivity index (χ0n) is 54.5. The van der Waals surface area contributed by atoms with Crippen LogP contribution < -0.4 is 21.3 Å². The number of carbonyl (C=O) groups is 4. The Balaban J connectivity index is 1.35. The topological polar surface area (TPSA) is 711 Å². The van der Waals surface area contributed by atoms with Gasteiger partial charge in [0, 0.05) is 27.7 Å². The molecule has 0 aromatic heterocycles. The molecule has 45 heteroatoms. The molecule has 4 amide bonds. The smallest absolute Gasteiger partial charge is 0.217 e. The van der Waals surface area contributed by atoms with Gasteiger partial charge in [0.2, 0.25) is 23.6 Å². The van der Waals surface area contributed by atoms with Crippen molar-refractivity contribution in [1.82, 2.24) is 21.3 Å². The van der Waals surface area contributed by atoms with Gasteiger partial charge in [-0.3, -0.25) is 19.2 Å². The highest BCUT2D eigenvalue weighted by atomic mass is 16.8. The Morgan fingerprint density at radius 3 is 1.15 bits per heavy atom. The van der Waals surface area contributed by atoms with Gasteiger partial charge in [-0.25, -0.2) is 0 Å². The minimum absolute atomic E-state index is 0.807. The summed E-state index contributed by atoms with van der Waals surface area (Å²) in [6.45, 7) is -5.99. The average molecular weight is 1480 g/mol. The number of hydrogen-bond donors (Lipinski definition) is 27. The molecule has 0 aliphatic carbocycles. The number of aliphatic hydroxyl groups is 23. The highest BCUT2D eigenvalue weighted by Gasteiger charge is 2.60. The summed E-state index contributed by atoms with van der Waals surface area (Å²) < 4.78 is 83.9. The lowest BCUT2D eigenvalue weighted by Gasteiger charge is -2.52. The number of amides is 4. The van der Waals surface area contributed by atoms with Crippen LogP contribution in [0.2, 0.25) is 0 Å². The molecule has 39 atom stereocenters. The summed E-state index contributed by atoms with van der Waals surface area (Å²) in [5.74, 6) is -3.62. The molecule has 0 saturated carbocycles. The molecule has 0 unspecified atom stereocenters. The first-order chi connectivity index (χ1) is 47.7. The minimum Gasteiger partial charge on any atom is -0.394 e. The van der Waals surface area contributed by atoms with Crippen LogP contribution in [0.4, 0.5) is 0 Å². The molecule has 7 aliphatic heterocycles. The number of aliphatic hydroxyl groups excluding tert-OH is 23. The zero-order valence-corrected chi connectivity index (χ0v) is 54.5. The Morgan fingerprint density at radius 2 is 0.703 bits per heavy atom. The van der Waals surface area contributed by atoms with E-state index in [-0.39, 0.29) is 0 Å². The molecule has 7 saturated heterocycles. The van der Waals surface area contributed by atoms with Crippen LogP contribution in [0.25, 0.3) is 0 Å². The van der Waals surface area contributed by atoms with Crippen molar-refractivity contribution in [1.29, 1.82) is 0 Å². The molecule has 0 aromatic rings. The van der Waals surface area contributed by atoms with Gasteiger partial charge in [0.1, 0.15) is 189 Å². The number of carbonyl (C=O) groups excluding carboxylic acids is 4. The molecular weight excluding hydrogens is 1380 g/mol. The minimum atomic E-state index is -2.64. The van der Waals surface area contributed by atoms with Crippen molar-refractivity contribution in [3.8, 4) is 0 Å². The Kier molecular flexibility index (Phi) is 31.7. The molecule has 45 nitrogen and oxygen atoms in total. The third-order valence-corrected chi connectivity index (χ3v) is 17.9. The molecule has 7 heterocycles. The lowest BCUT2D eigenvalue weighted by molar-refractivity contribution is -0.405. The summed E-state index contributed by atoms with van der Waals surface area (Å²) in [6, 6.07) is -7.38. The highest BCUT2D eigenvalue weighted by Crippen LogP contribution is 2.39. The average Bonchev–Trinajstić information content (AvgIpc) is 0.757. The van der Waals surface area contributed by atoms with Crippen LogP contribution in [0.5, 0.6) is 0 Å². The Hall–Kier alpha value is -3.60. The zero-order chi connectivity index (χ0) is 74.9. The van der Waals surface area contributed by atoms with Gasteiger partial charge in [-0.05, 0) is 0 Å². The first-order valence-electron chi connectivity index (χ1n) is 32.0. The second kappa shape index (κ2) is 37.8. The van der Waals surface area contributed by atoms with Crippen LogP contribution in [-0.4, -0.2) is 440 Å². The molecule has 101 heavy (non-hydrogen) atoms. The van der Waals surface area contributed by atoms with E-state index >= 15 is 0 Å². The molecule has 0 radical (unpaired) electrons. The highest BCUT2D eigenvalue weighted by molar-refractivity contribution is 5.74. The lowest BCUT2D eigenvalue weighted by atomic mass is 9.93. The number of hydrogen-bond acceptors (Lipinski definition) is 41. The van der Waals surface area contributed by atoms with Crippen molar-refractivity contribution in [2.45, 2.75) is 267 Å². The monoisotopic (exact) mass is 1480 g/mol. The summed E-state index contributed by atoms with van der Waals surface area (Å²) in [5.41, 5.74) is 0. The summed E-state index contributed by atoms with van der Waals surface area (Å²) in [7, 11) is 0. The Labute approximate surface area is 572 Å². The van der Waals surface area contributed by atoms with E-state index in [1.54, 1.807) is 0 Å². The van der Waals surface area contributed by atoms with E-state index in [4.69, 9.17) is 66.3 Å². The van der Waals surface area contributed by atoms with Gasteiger partial charge < -0.3 is 205 Å². The number of rotatable bonds is 30. The summed E-state index contributed by atoms with van der Waals surface area (Å²) in [4.78, 5) is 50.4. The lowest BCUT2D eigenvalue weighted by Crippen LogP contribution is -2.71. The first kappa shape index (κ1) is 84.7. The van der Waals surface area contributed by atoms with E-state index < -0.39 is 322 Å². The Bertz CT molecular complexity index is 2590. The van der Waals surface area contributed by atoms with Gasteiger partial charge in [0.25, 0.3) is 0 Å². The maximum absolute atomic E-state index is 13.0. The van der Waals surface area contributed by atoms with Crippen LogP contribution in [0, 0.1) is 0 Å². The van der Waals surface area contributed by atoms with Gasteiger partial charge in [0.05, 0.1) is 65.5 Å². The molecule has 0 aromatic carbocycles. The van der Waals surface area contributed by atoms with E-state index in [0.29, 0.717) is 0 Å². The van der Waals surface area contributed by atoms with Crippen LogP contribution >= 0.6 is 0 Å². The first-order valence-corrected chi connectivity index (χ1v) is 32.0.